The van der Waals surface area contributed by atoms with Crippen LogP contribution in [0.1, 0.15) is 80.0 Å². The molecule has 5 nitrogen and oxygen atoms in total. The standard InChI is InChI=1S/C27H31F3N4O/c1-5-26(6-2,19-12-14-20(15-13-19)27(28,29)30)33-24(35)21-17-31-34-23(21)32-22(16-25(34,3)4)18-10-8-7-9-11-18/h7-15,17,22,32H,5-6,16H2,1-4H3,(H,33,35)/t22-/m1/s1. The lowest BCUT2D eigenvalue weighted by Gasteiger charge is -2.38. The van der Waals surface area contributed by atoms with Crippen molar-refractivity contribution in [1.29, 1.82) is 0 Å². The second-order valence-electron chi connectivity index (χ2n) is 9.76. The van der Waals surface area contributed by atoms with Gasteiger partial charge in [-0.3, -0.25) is 4.79 Å². The molecule has 0 bridgehead atoms. The Morgan fingerprint density at radius 3 is 2.23 bits per heavy atom. The number of carbonyl (C=O) groups excluding carboxylic acids is 1. The van der Waals surface area contributed by atoms with Gasteiger partial charge < -0.3 is 10.6 Å². The van der Waals surface area contributed by atoms with Crippen LogP contribution in [0.5, 0.6) is 0 Å². The Labute approximate surface area is 203 Å². The van der Waals surface area contributed by atoms with E-state index in [0.717, 1.165) is 24.1 Å². The number of amides is 1. The molecular weight excluding hydrogens is 453 g/mol. The van der Waals surface area contributed by atoms with Gasteiger partial charge >= 0.3 is 6.18 Å². The van der Waals surface area contributed by atoms with Crippen molar-refractivity contribution >= 4 is 11.7 Å². The number of hydrogen-bond acceptors (Lipinski definition) is 3. The highest BCUT2D eigenvalue weighted by Crippen LogP contribution is 2.40. The van der Waals surface area contributed by atoms with Crippen LogP contribution in [0.4, 0.5) is 19.0 Å². The van der Waals surface area contributed by atoms with Crippen LogP contribution in [-0.4, -0.2) is 15.7 Å². The van der Waals surface area contributed by atoms with Crippen molar-refractivity contribution in [3.8, 4) is 0 Å². The summed E-state index contributed by atoms with van der Waals surface area (Å²) in [6.07, 6.45) is -0.999. The van der Waals surface area contributed by atoms with Gasteiger partial charge in [0.15, 0.2) is 0 Å². The Bertz CT molecular complexity index is 1180. The molecule has 1 atom stereocenters. The number of carbonyl (C=O) groups is 1. The van der Waals surface area contributed by atoms with E-state index in [2.05, 4.69) is 41.7 Å². The summed E-state index contributed by atoms with van der Waals surface area (Å²) >= 11 is 0. The molecule has 0 aliphatic carbocycles. The molecule has 186 valence electrons. The maximum Gasteiger partial charge on any atom is 0.416 e. The molecule has 0 radical (unpaired) electrons. The highest BCUT2D eigenvalue weighted by Gasteiger charge is 2.39. The summed E-state index contributed by atoms with van der Waals surface area (Å²) in [6, 6.07) is 15.1. The molecule has 2 aromatic carbocycles. The summed E-state index contributed by atoms with van der Waals surface area (Å²) in [4.78, 5) is 13.6. The molecule has 0 unspecified atom stereocenters. The first-order valence-corrected chi connectivity index (χ1v) is 11.9. The maximum absolute atomic E-state index is 13.6. The van der Waals surface area contributed by atoms with Gasteiger partial charge in [-0.05, 0) is 56.4 Å². The largest absolute Gasteiger partial charge is 0.416 e. The third kappa shape index (κ3) is 4.66. The minimum absolute atomic E-state index is 0.0129. The molecule has 0 fully saturated rings. The van der Waals surface area contributed by atoms with Gasteiger partial charge in [0.2, 0.25) is 0 Å². The van der Waals surface area contributed by atoms with Crippen molar-refractivity contribution in [2.45, 2.75) is 70.3 Å². The quantitative estimate of drug-likeness (QED) is 0.412. The number of aromatic nitrogens is 2. The van der Waals surface area contributed by atoms with Crippen molar-refractivity contribution in [2.24, 2.45) is 0 Å². The van der Waals surface area contributed by atoms with Gasteiger partial charge in [0.25, 0.3) is 5.91 Å². The summed E-state index contributed by atoms with van der Waals surface area (Å²) in [5.41, 5.74) is 0.342. The van der Waals surface area contributed by atoms with E-state index in [1.54, 1.807) is 6.20 Å². The Morgan fingerprint density at radius 2 is 1.66 bits per heavy atom. The Hall–Kier alpha value is -3.29. The fourth-order valence-corrected chi connectivity index (χ4v) is 4.97. The zero-order chi connectivity index (χ0) is 25.4. The predicted octanol–water partition coefficient (Wildman–Crippen LogP) is 6.64. The molecule has 1 aromatic heterocycles. The smallest absolute Gasteiger partial charge is 0.363 e. The van der Waals surface area contributed by atoms with Gasteiger partial charge in [-0.1, -0.05) is 56.3 Å². The molecule has 4 rings (SSSR count). The summed E-state index contributed by atoms with van der Waals surface area (Å²) < 4.78 is 41.0. The van der Waals surface area contributed by atoms with Crippen LogP contribution in [-0.2, 0) is 17.3 Å². The molecule has 0 saturated heterocycles. The first-order valence-electron chi connectivity index (χ1n) is 11.9. The number of rotatable bonds is 6. The molecule has 1 aliphatic rings. The lowest BCUT2D eigenvalue weighted by Crippen LogP contribution is -2.45. The first-order chi connectivity index (χ1) is 16.5. The van der Waals surface area contributed by atoms with Crippen LogP contribution < -0.4 is 10.6 Å². The van der Waals surface area contributed by atoms with E-state index in [4.69, 9.17) is 0 Å². The minimum atomic E-state index is -4.41. The van der Waals surface area contributed by atoms with E-state index in [9.17, 15) is 18.0 Å². The molecule has 8 heteroatoms. The predicted molar refractivity (Wildman–Crippen MR) is 130 cm³/mol. The number of alkyl halides is 3. The Morgan fingerprint density at radius 1 is 1.06 bits per heavy atom. The van der Waals surface area contributed by atoms with Crippen molar-refractivity contribution in [2.75, 3.05) is 5.32 Å². The summed E-state index contributed by atoms with van der Waals surface area (Å²) in [6.45, 7) is 8.02. The second kappa shape index (κ2) is 9.06. The lowest BCUT2D eigenvalue weighted by molar-refractivity contribution is -0.137. The van der Waals surface area contributed by atoms with E-state index in [1.807, 2.05) is 36.7 Å². The van der Waals surface area contributed by atoms with Gasteiger partial charge in [0.05, 0.1) is 28.9 Å². The molecule has 2 N–H and O–H groups in total. The van der Waals surface area contributed by atoms with Gasteiger partial charge in [-0.15, -0.1) is 0 Å². The van der Waals surface area contributed by atoms with E-state index < -0.39 is 17.3 Å². The van der Waals surface area contributed by atoms with E-state index in [1.165, 1.54) is 12.1 Å². The number of halogens is 3. The third-order valence-electron chi connectivity index (χ3n) is 7.13. The van der Waals surface area contributed by atoms with E-state index in [-0.39, 0.29) is 17.5 Å². The van der Waals surface area contributed by atoms with Gasteiger partial charge in [-0.2, -0.15) is 18.3 Å². The number of benzene rings is 2. The normalized spacial score (nSPS) is 17.4. The summed E-state index contributed by atoms with van der Waals surface area (Å²) in [5, 5.41) is 11.1. The number of nitrogens with zero attached hydrogens (tertiary/aromatic N) is 2. The van der Waals surface area contributed by atoms with Crippen LogP contribution in [0.3, 0.4) is 0 Å². The average Bonchev–Trinajstić information content (AvgIpc) is 3.28. The minimum Gasteiger partial charge on any atom is -0.363 e. The highest BCUT2D eigenvalue weighted by molar-refractivity contribution is 5.99. The second-order valence-corrected chi connectivity index (χ2v) is 9.76. The van der Waals surface area contributed by atoms with Crippen molar-refractivity contribution in [1.82, 2.24) is 15.1 Å². The van der Waals surface area contributed by atoms with Gasteiger partial charge in [-0.25, -0.2) is 4.68 Å². The monoisotopic (exact) mass is 484 g/mol. The zero-order valence-corrected chi connectivity index (χ0v) is 20.4. The Kier molecular flexibility index (Phi) is 6.42. The molecular formula is C27H31F3N4O. The van der Waals surface area contributed by atoms with Crippen molar-refractivity contribution in [3.63, 3.8) is 0 Å². The maximum atomic E-state index is 13.6. The summed E-state index contributed by atoms with van der Waals surface area (Å²) in [7, 11) is 0. The van der Waals surface area contributed by atoms with Crippen molar-refractivity contribution < 1.29 is 18.0 Å². The number of nitrogens with one attached hydrogen (secondary N) is 2. The van der Waals surface area contributed by atoms with Crippen LogP contribution in [0.25, 0.3) is 0 Å². The highest BCUT2D eigenvalue weighted by atomic mass is 19.4. The SMILES string of the molecule is CCC(CC)(NC(=O)c1cnn2c1N[C@@H](c1ccccc1)CC2(C)C)c1ccc(C(F)(F)F)cc1. The topological polar surface area (TPSA) is 59.0 Å². The molecule has 1 aliphatic heterocycles. The fourth-order valence-electron chi connectivity index (χ4n) is 4.97. The van der Waals surface area contributed by atoms with Crippen LogP contribution in [0.2, 0.25) is 0 Å². The van der Waals surface area contributed by atoms with Crippen LogP contribution >= 0.6 is 0 Å². The third-order valence-corrected chi connectivity index (χ3v) is 7.13. The average molecular weight is 485 g/mol. The fraction of sp³-hybridized carbons (Fsp3) is 0.407. The molecule has 0 spiro atoms. The number of anilines is 1. The zero-order valence-electron chi connectivity index (χ0n) is 20.4. The molecule has 0 saturated carbocycles. The molecule has 35 heavy (non-hydrogen) atoms. The first kappa shape index (κ1) is 24.8. The van der Waals surface area contributed by atoms with Crippen LogP contribution in [0.15, 0.2) is 60.8 Å². The lowest BCUT2D eigenvalue weighted by atomic mass is 9.84. The van der Waals surface area contributed by atoms with Crippen LogP contribution in [0, 0.1) is 0 Å². The number of hydrogen-bond donors (Lipinski definition) is 2. The molecule has 2 heterocycles. The van der Waals surface area contributed by atoms with Gasteiger partial charge in [0, 0.05) is 0 Å². The van der Waals surface area contributed by atoms with Crippen molar-refractivity contribution in [3.05, 3.63) is 83.0 Å². The van der Waals surface area contributed by atoms with E-state index in [0.29, 0.717) is 29.8 Å². The summed E-state index contributed by atoms with van der Waals surface area (Å²) in [5.74, 6) is 0.327. The van der Waals surface area contributed by atoms with Gasteiger partial charge in [0.1, 0.15) is 11.4 Å². The Balaban J connectivity index is 1.65. The molecule has 3 aromatic rings. The van der Waals surface area contributed by atoms with E-state index >= 15 is 0 Å². The molecule has 1 amide bonds. The number of fused-ring (bicyclic) bond motifs is 1.